The second kappa shape index (κ2) is 9.03. The maximum atomic E-state index is 13.2. The van der Waals surface area contributed by atoms with Gasteiger partial charge in [0.15, 0.2) is 0 Å². The standard InChI is InChI=1S/C19H24FN3O4S/c1-21(2)28(25,26)23(17-11-9-16(20)10-12-17)14-19(24)22(3)13-15-7-5-6-8-18(15)27-4/h5-12H,13-14H2,1-4H3. The van der Waals surface area contributed by atoms with Gasteiger partial charge in [0.1, 0.15) is 18.1 Å². The first-order chi connectivity index (χ1) is 13.2. The van der Waals surface area contributed by atoms with Gasteiger partial charge in [0.2, 0.25) is 5.91 Å². The second-order valence-corrected chi connectivity index (χ2v) is 8.40. The lowest BCUT2D eigenvalue weighted by atomic mass is 10.2. The highest BCUT2D eigenvalue weighted by atomic mass is 32.2. The zero-order valence-electron chi connectivity index (χ0n) is 16.3. The van der Waals surface area contributed by atoms with Crippen molar-refractivity contribution in [2.75, 3.05) is 39.1 Å². The number of amides is 1. The normalized spacial score (nSPS) is 11.4. The van der Waals surface area contributed by atoms with Crippen molar-refractivity contribution in [2.24, 2.45) is 0 Å². The van der Waals surface area contributed by atoms with E-state index in [1.54, 1.807) is 20.2 Å². The average Bonchev–Trinajstić information content (AvgIpc) is 2.66. The first-order valence-electron chi connectivity index (χ1n) is 8.48. The van der Waals surface area contributed by atoms with Gasteiger partial charge in [-0.3, -0.25) is 4.79 Å². The second-order valence-electron chi connectivity index (χ2n) is 6.33. The topological polar surface area (TPSA) is 70.2 Å². The summed E-state index contributed by atoms with van der Waals surface area (Å²) < 4.78 is 45.9. The summed E-state index contributed by atoms with van der Waals surface area (Å²) >= 11 is 0. The Morgan fingerprint density at radius 3 is 2.21 bits per heavy atom. The van der Waals surface area contributed by atoms with Gasteiger partial charge in [-0.25, -0.2) is 8.70 Å². The van der Waals surface area contributed by atoms with Crippen LogP contribution in [0, 0.1) is 5.82 Å². The number of carbonyl (C=O) groups is 1. The highest BCUT2D eigenvalue weighted by Crippen LogP contribution is 2.22. The fourth-order valence-corrected chi connectivity index (χ4v) is 3.59. The van der Waals surface area contributed by atoms with E-state index in [1.807, 2.05) is 18.2 Å². The molecule has 0 saturated heterocycles. The monoisotopic (exact) mass is 409 g/mol. The summed E-state index contributed by atoms with van der Waals surface area (Å²) in [7, 11) is 1.92. The van der Waals surface area contributed by atoms with E-state index in [0.29, 0.717) is 5.75 Å². The van der Waals surface area contributed by atoms with E-state index in [-0.39, 0.29) is 12.2 Å². The third-order valence-corrected chi connectivity index (χ3v) is 5.98. The minimum Gasteiger partial charge on any atom is -0.496 e. The molecular weight excluding hydrogens is 385 g/mol. The summed E-state index contributed by atoms with van der Waals surface area (Å²) in [6, 6.07) is 12.2. The number of anilines is 1. The maximum Gasteiger partial charge on any atom is 0.304 e. The van der Waals surface area contributed by atoms with Crippen molar-refractivity contribution in [1.82, 2.24) is 9.21 Å². The lowest BCUT2D eigenvalue weighted by Gasteiger charge is -2.29. The van der Waals surface area contributed by atoms with Crippen molar-refractivity contribution in [3.8, 4) is 5.75 Å². The number of nitrogens with zero attached hydrogens (tertiary/aromatic N) is 3. The smallest absolute Gasteiger partial charge is 0.304 e. The molecule has 0 saturated carbocycles. The molecule has 152 valence electrons. The number of likely N-dealkylation sites (N-methyl/N-ethyl adjacent to an activating group) is 1. The van der Waals surface area contributed by atoms with E-state index in [1.165, 1.54) is 31.1 Å². The molecular formula is C19H24FN3O4S. The molecule has 0 aliphatic rings. The van der Waals surface area contributed by atoms with Gasteiger partial charge in [-0.15, -0.1) is 0 Å². The average molecular weight is 409 g/mol. The molecule has 2 aromatic rings. The molecule has 0 unspecified atom stereocenters. The van der Waals surface area contributed by atoms with Crippen LogP contribution < -0.4 is 9.04 Å². The molecule has 0 fully saturated rings. The van der Waals surface area contributed by atoms with Gasteiger partial charge in [-0.1, -0.05) is 18.2 Å². The molecule has 28 heavy (non-hydrogen) atoms. The van der Waals surface area contributed by atoms with Crippen LogP contribution in [0.3, 0.4) is 0 Å². The minimum absolute atomic E-state index is 0.203. The van der Waals surface area contributed by atoms with Gasteiger partial charge in [0.05, 0.1) is 12.8 Å². The van der Waals surface area contributed by atoms with Gasteiger partial charge >= 0.3 is 10.2 Å². The number of rotatable bonds is 8. The predicted molar refractivity (Wildman–Crippen MR) is 106 cm³/mol. The predicted octanol–water partition coefficient (Wildman–Crippen LogP) is 2.11. The summed E-state index contributed by atoms with van der Waals surface area (Å²) in [4.78, 5) is 14.2. The largest absolute Gasteiger partial charge is 0.496 e. The van der Waals surface area contributed by atoms with Crippen molar-refractivity contribution in [2.45, 2.75) is 6.54 Å². The Morgan fingerprint density at radius 2 is 1.64 bits per heavy atom. The highest BCUT2D eigenvalue weighted by Gasteiger charge is 2.28. The van der Waals surface area contributed by atoms with Crippen molar-refractivity contribution in [1.29, 1.82) is 0 Å². The van der Waals surface area contributed by atoms with Crippen LogP contribution in [0.2, 0.25) is 0 Å². The number of halogens is 1. The molecule has 7 nitrogen and oxygen atoms in total. The van der Waals surface area contributed by atoms with Crippen molar-refractivity contribution in [3.63, 3.8) is 0 Å². The molecule has 2 rings (SSSR count). The number of ether oxygens (including phenoxy) is 1. The van der Waals surface area contributed by atoms with Crippen LogP contribution in [0.15, 0.2) is 48.5 Å². The van der Waals surface area contributed by atoms with Gasteiger partial charge in [0, 0.05) is 33.3 Å². The Balaban J connectivity index is 2.25. The fraction of sp³-hybridized carbons (Fsp3) is 0.316. The van der Waals surface area contributed by atoms with Crippen molar-refractivity contribution in [3.05, 3.63) is 59.9 Å². The Morgan fingerprint density at radius 1 is 1.04 bits per heavy atom. The van der Waals surface area contributed by atoms with Crippen LogP contribution in [0.5, 0.6) is 5.75 Å². The Hall–Kier alpha value is -2.65. The molecule has 1 amide bonds. The highest BCUT2D eigenvalue weighted by molar-refractivity contribution is 7.90. The van der Waals surface area contributed by atoms with Gasteiger partial charge in [-0.2, -0.15) is 12.7 Å². The molecule has 2 aromatic carbocycles. The Kier molecular flexibility index (Phi) is 6.98. The van der Waals surface area contributed by atoms with E-state index in [9.17, 15) is 17.6 Å². The van der Waals surface area contributed by atoms with Gasteiger partial charge < -0.3 is 9.64 Å². The Bertz CT molecular complexity index is 917. The molecule has 0 radical (unpaired) electrons. The summed E-state index contributed by atoms with van der Waals surface area (Å²) in [5.41, 5.74) is 0.999. The van der Waals surface area contributed by atoms with Crippen LogP contribution in [-0.2, 0) is 21.5 Å². The number of carbonyl (C=O) groups excluding carboxylic acids is 1. The van der Waals surface area contributed by atoms with Crippen LogP contribution in [0.25, 0.3) is 0 Å². The summed E-state index contributed by atoms with van der Waals surface area (Å²) in [5, 5.41) is 0. The van der Waals surface area contributed by atoms with Crippen molar-refractivity contribution >= 4 is 21.8 Å². The Labute approximate surface area is 165 Å². The lowest BCUT2D eigenvalue weighted by Crippen LogP contribution is -2.46. The molecule has 0 heterocycles. The number of hydrogen-bond acceptors (Lipinski definition) is 4. The van der Waals surface area contributed by atoms with E-state index in [0.717, 1.165) is 26.3 Å². The number of methoxy groups -OCH3 is 1. The molecule has 0 atom stereocenters. The quantitative estimate of drug-likeness (QED) is 0.670. The third-order valence-electron chi connectivity index (χ3n) is 4.16. The molecule has 9 heteroatoms. The summed E-state index contributed by atoms with van der Waals surface area (Å²) in [6.45, 7) is -0.167. The maximum absolute atomic E-state index is 13.2. The molecule has 0 N–H and O–H groups in total. The van der Waals surface area contributed by atoms with E-state index >= 15 is 0 Å². The van der Waals surface area contributed by atoms with Gasteiger partial charge in [-0.05, 0) is 30.3 Å². The first-order valence-corrected chi connectivity index (χ1v) is 9.88. The number of hydrogen-bond donors (Lipinski definition) is 0. The lowest BCUT2D eigenvalue weighted by molar-refractivity contribution is -0.128. The third kappa shape index (κ3) is 4.99. The zero-order valence-corrected chi connectivity index (χ0v) is 17.1. The van der Waals surface area contributed by atoms with E-state index in [4.69, 9.17) is 4.74 Å². The van der Waals surface area contributed by atoms with E-state index < -0.39 is 28.5 Å². The molecule has 0 spiro atoms. The van der Waals surface area contributed by atoms with Crippen molar-refractivity contribution < 1.29 is 22.3 Å². The van der Waals surface area contributed by atoms with Crippen LogP contribution in [0.1, 0.15) is 5.56 Å². The molecule has 0 aliphatic heterocycles. The summed E-state index contributed by atoms with van der Waals surface area (Å²) in [6.07, 6.45) is 0. The molecule has 0 aromatic heterocycles. The molecule has 0 bridgehead atoms. The number of benzene rings is 2. The minimum atomic E-state index is -3.95. The van der Waals surface area contributed by atoms with Gasteiger partial charge in [0.25, 0.3) is 0 Å². The van der Waals surface area contributed by atoms with Crippen LogP contribution in [0.4, 0.5) is 10.1 Å². The SMILES string of the molecule is COc1ccccc1CN(C)C(=O)CN(c1ccc(F)cc1)S(=O)(=O)N(C)C. The fourth-order valence-electron chi connectivity index (χ4n) is 2.53. The summed E-state index contributed by atoms with van der Waals surface area (Å²) in [5.74, 6) is -0.273. The van der Waals surface area contributed by atoms with Crippen LogP contribution in [-0.4, -0.2) is 58.3 Å². The first kappa shape index (κ1) is 21.6. The zero-order chi connectivity index (χ0) is 20.9. The van der Waals surface area contributed by atoms with Crippen LogP contribution >= 0.6 is 0 Å². The number of para-hydroxylation sites is 1. The molecule has 0 aliphatic carbocycles. The van der Waals surface area contributed by atoms with E-state index in [2.05, 4.69) is 0 Å².